The van der Waals surface area contributed by atoms with E-state index in [1.807, 2.05) is 0 Å². The molecule has 0 saturated carbocycles. The van der Waals surface area contributed by atoms with E-state index in [1.54, 1.807) is 0 Å². The van der Waals surface area contributed by atoms with Crippen molar-refractivity contribution in [3.8, 4) is 11.8 Å². The summed E-state index contributed by atoms with van der Waals surface area (Å²) < 4.78 is 185. The second-order valence-corrected chi connectivity index (χ2v) is 7.61. The van der Waals surface area contributed by atoms with Gasteiger partial charge in [-0.3, -0.25) is 4.79 Å². The molecular formula is C18H11BrF13NO3. The van der Waals surface area contributed by atoms with Crippen molar-refractivity contribution in [1.82, 2.24) is 0 Å². The molecule has 1 rings (SSSR count). The molecule has 1 aromatic rings. The van der Waals surface area contributed by atoms with Gasteiger partial charge >= 0.3 is 41.8 Å². The number of esters is 1. The molecular weight excluding hydrogens is 605 g/mol. The first-order valence-corrected chi connectivity index (χ1v) is 9.70. The van der Waals surface area contributed by atoms with E-state index in [-0.39, 0.29) is 12.1 Å². The van der Waals surface area contributed by atoms with Crippen LogP contribution in [0.15, 0.2) is 16.6 Å². The number of carbonyl (C=O) groups is 1. The second-order valence-electron chi connectivity index (χ2n) is 6.76. The minimum Gasteiger partial charge on any atom is -0.496 e. The largest absolute Gasteiger partial charge is 0.496 e. The van der Waals surface area contributed by atoms with Crippen LogP contribution in [0.1, 0.15) is 24.0 Å². The first kappa shape index (κ1) is 31.6. The molecule has 4 nitrogen and oxygen atoms in total. The first-order valence-electron chi connectivity index (χ1n) is 8.91. The van der Waals surface area contributed by atoms with Crippen LogP contribution < -0.4 is 4.74 Å². The molecule has 0 bridgehead atoms. The number of methoxy groups -OCH3 is 1. The van der Waals surface area contributed by atoms with Gasteiger partial charge in [0.05, 0.1) is 24.3 Å². The Kier molecular flexibility index (Phi) is 8.58. The Morgan fingerprint density at radius 2 is 1.39 bits per heavy atom. The predicted octanol–water partition coefficient (Wildman–Crippen LogP) is 6.82. The lowest BCUT2D eigenvalue weighted by Gasteiger charge is -2.40. The van der Waals surface area contributed by atoms with E-state index >= 15 is 0 Å². The molecule has 1 atom stereocenters. The average molecular weight is 616 g/mol. The number of rotatable bonds is 9. The van der Waals surface area contributed by atoms with E-state index in [2.05, 4.69) is 25.4 Å². The van der Waals surface area contributed by atoms with Gasteiger partial charge in [0.15, 0.2) is 5.92 Å². The van der Waals surface area contributed by atoms with Crippen LogP contribution in [0.2, 0.25) is 0 Å². The summed E-state index contributed by atoms with van der Waals surface area (Å²) in [6.07, 6.45) is -7.56. The lowest BCUT2D eigenvalue weighted by Crippen LogP contribution is -2.69. The quantitative estimate of drug-likeness (QED) is 0.226. The van der Waals surface area contributed by atoms with Crippen LogP contribution >= 0.6 is 15.9 Å². The van der Waals surface area contributed by atoms with Gasteiger partial charge in [0.2, 0.25) is 0 Å². The average Bonchev–Trinajstić information content (AvgIpc) is 2.73. The normalized spacial score (nSPS) is 14.8. The third-order valence-electron chi connectivity index (χ3n) is 4.56. The number of carbonyl (C=O) groups excluding carboxylic acids is 1. The maximum Gasteiger partial charge on any atom is 0.460 e. The molecule has 0 aliphatic heterocycles. The number of nitriles is 1. The second kappa shape index (κ2) is 9.78. The highest BCUT2D eigenvalue weighted by Gasteiger charge is 2.91. The standard InChI is InChI=1S/C18H11BrF13NO3/c1-3-36-12(34)8(6-33)7-4-10(19)11(35-2)5-9(7)13(20,21)14(22,23)15(24,25)16(26,27)17(28,29)18(30,31)32/h4-5,8H,3H2,1-2H3. The fraction of sp³-hybridized carbons (Fsp3) is 0.556. The number of benzene rings is 1. The molecule has 0 amide bonds. The van der Waals surface area contributed by atoms with E-state index < -0.39 is 75.6 Å². The van der Waals surface area contributed by atoms with Crippen LogP contribution in [0.3, 0.4) is 0 Å². The zero-order valence-electron chi connectivity index (χ0n) is 17.4. The number of hydrogen-bond donors (Lipinski definition) is 0. The summed E-state index contributed by atoms with van der Waals surface area (Å²) in [6.45, 7) is 0.621. The van der Waals surface area contributed by atoms with Crippen molar-refractivity contribution in [2.24, 2.45) is 0 Å². The molecule has 204 valence electrons. The Hall–Kier alpha value is -2.45. The van der Waals surface area contributed by atoms with Gasteiger partial charge in [-0.15, -0.1) is 0 Å². The molecule has 0 aromatic heterocycles. The Morgan fingerprint density at radius 3 is 1.78 bits per heavy atom. The highest BCUT2D eigenvalue weighted by Crippen LogP contribution is 2.62. The van der Waals surface area contributed by atoms with Gasteiger partial charge in [0.25, 0.3) is 0 Å². The van der Waals surface area contributed by atoms with Crippen molar-refractivity contribution >= 4 is 21.9 Å². The zero-order valence-corrected chi connectivity index (χ0v) is 19.0. The lowest BCUT2D eigenvalue weighted by molar-refractivity contribution is -0.441. The van der Waals surface area contributed by atoms with E-state index in [0.29, 0.717) is 7.11 Å². The summed E-state index contributed by atoms with van der Waals surface area (Å²) in [5.41, 5.74) is -4.06. The minimum absolute atomic E-state index is 0.229. The van der Waals surface area contributed by atoms with Crippen molar-refractivity contribution < 1.29 is 71.3 Å². The molecule has 1 unspecified atom stereocenters. The third-order valence-corrected chi connectivity index (χ3v) is 5.18. The van der Waals surface area contributed by atoms with Gasteiger partial charge in [-0.1, -0.05) is 0 Å². The van der Waals surface area contributed by atoms with Crippen LogP contribution in [0.4, 0.5) is 57.1 Å². The summed E-state index contributed by atoms with van der Waals surface area (Å²) in [5, 5.41) is 9.15. The summed E-state index contributed by atoms with van der Waals surface area (Å²) in [5.74, 6) is -43.7. The Bertz CT molecular complexity index is 1030. The number of halogens is 14. The summed E-state index contributed by atoms with van der Waals surface area (Å²) in [4.78, 5) is 12.0. The molecule has 18 heteroatoms. The number of nitrogens with zero attached hydrogens (tertiary/aromatic N) is 1. The summed E-state index contributed by atoms with van der Waals surface area (Å²) in [6, 6.07) is 1.08. The van der Waals surface area contributed by atoms with Gasteiger partial charge in [-0.05, 0) is 40.5 Å². The fourth-order valence-corrected chi connectivity index (χ4v) is 3.17. The fourth-order valence-electron chi connectivity index (χ4n) is 2.65. The molecule has 0 radical (unpaired) electrons. The Morgan fingerprint density at radius 1 is 0.917 bits per heavy atom. The maximum atomic E-state index is 14.9. The van der Waals surface area contributed by atoms with Crippen LogP contribution in [-0.4, -0.2) is 49.6 Å². The molecule has 1 aromatic carbocycles. The molecule has 0 heterocycles. The number of alkyl halides is 13. The number of hydrogen-bond acceptors (Lipinski definition) is 4. The SMILES string of the molecule is CCOC(=O)C(C#N)c1cc(Br)c(OC)cc1C(F)(F)C(F)(F)C(F)(F)C(F)(F)C(F)(F)C(F)(F)F. The van der Waals surface area contributed by atoms with Gasteiger partial charge < -0.3 is 9.47 Å². The van der Waals surface area contributed by atoms with Crippen molar-refractivity contribution in [1.29, 1.82) is 5.26 Å². The van der Waals surface area contributed by atoms with Crippen LogP contribution in [-0.2, 0) is 15.5 Å². The third kappa shape index (κ3) is 4.65. The Balaban J connectivity index is 4.00. The molecule has 0 spiro atoms. The molecule has 0 saturated heterocycles. The van der Waals surface area contributed by atoms with Crippen molar-refractivity contribution in [3.05, 3.63) is 27.7 Å². The van der Waals surface area contributed by atoms with Crippen molar-refractivity contribution in [2.75, 3.05) is 13.7 Å². The summed E-state index contributed by atoms with van der Waals surface area (Å²) in [7, 11) is 0.708. The molecule has 0 N–H and O–H groups in total. The topological polar surface area (TPSA) is 59.3 Å². The number of ether oxygens (including phenoxy) is 2. The molecule has 0 aliphatic rings. The first-order chi connectivity index (χ1) is 16.0. The van der Waals surface area contributed by atoms with Crippen molar-refractivity contribution in [2.45, 2.75) is 48.6 Å². The maximum absolute atomic E-state index is 14.9. The highest BCUT2D eigenvalue weighted by molar-refractivity contribution is 9.10. The van der Waals surface area contributed by atoms with E-state index in [1.165, 1.54) is 0 Å². The van der Waals surface area contributed by atoms with Crippen LogP contribution in [0.25, 0.3) is 0 Å². The van der Waals surface area contributed by atoms with Gasteiger partial charge in [-0.2, -0.15) is 62.3 Å². The van der Waals surface area contributed by atoms with Crippen molar-refractivity contribution in [3.63, 3.8) is 0 Å². The van der Waals surface area contributed by atoms with E-state index in [0.717, 1.165) is 13.0 Å². The molecule has 0 aliphatic carbocycles. The van der Waals surface area contributed by atoms with Gasteiger partial charge in [0.1, 0.15) is 5.75 Å². The monoisotopic (exact) mass is 615 g/mol. The lowest BCUT2D eigenvalue weighted by atomic mass is 9.85. The van der Waals surface area contributed by atoms with Crippen LogP contribution in [0.5, 0.6) is 5.75 Å². The van der Waals surface area contributed by atoms with E-state index in [4.69, 9.17) is 5.26 Å². The molecule has 36 heavy (non-hydrogen) atoms. The smallest absolute Gasteiger partial charge is 0.460 e. The Labute approximate surface area is 201 Å². The zero-order chi connectivity index (χ0) is 28.7. The van der Waals surface area contributed by atoms with Gasteiger partial charge in [-0.25, -0.2) is 0 Å². The minimum atomic E-state index is -8.11. The highest BCUT2D eigenvalue weighted by atomic mass is 79.9. The van der Waals surface area contributed by atoms with Gasteiger partial charge in [0, 0.05) is 5.56 Å². The van der Waals surface area contributed by atoms with Crippen LogP contribution in [0, 0.1) is 11.3 Å². The molecule has 0 fully saturated rings. The summed E-state index contributed by atoms with van der Waals surface area (Å²) >= 11 is 2.65. The predicted molar refractivity (Wildman–Crippen MR) is 95.4 cm³/mol. The van der Waals surface area contributed by atoms with E-state index in [9.17, 15) is 61.9 Å².